The van der Waals surface area contributed by atoms with Crippen LogP contribution in [0.5, 0.6) is 0 Å². The molecule has 15 heavy (non-hydrogen) atoms. The molecule has 1 aromatic carbocycles. The molecule has 0 atom stereocenters. The number of benzene rings is 1. The molecule has 1 rings (SSSR count). The first-order valence-electron chi connectivity index (χ1n) is 5.28. The summed E-state index contributed by atoms with van der Waals surface area (Å²) in [6.07, 6.45) is 0. The van der Waals surface area contributed by atoms with E-state index < -0.39 is 0 Å². The van der Waals surface area contributed by atoms with Crippen LogP contribution in [0.3, 0.4) is 0 Å². The van der Waals surface area contributed by atoms with Crippen LogP contribution in [0.2, 0.25) is 0 Å². The number of likely N-dealkylation sites (N-methyl/N-ethyl adjacent to an activating group) is 1. The zero-order valence-corrected chi connectivity index (χ0v) is 9.95. The standard InChI is InChI=1S/C13H19NO/c1-10(2)11-6-5-7-12(8-11)13(15)9-14(3)4/h5-8,10H,9H2,1-4H3. The van der Waals surface area contributed by atoms with Crippen molar-refractivity contribution in [2.24, 2.45) is 0 Å². The van der Waals surface area contributed by atoms with E-state index in [1.165, 1.54) is 5.56 Å². The number of carbonyl (C=O) groups is 1. The number of rotatable bonds is 4. The van der Waals surface area contributed by atoms with Gasteiger partial charge in [0.15, 0.2) is 5.78 Å². The minimum atomic E-state index is 0.183. The zero-order chi connectivity index (χ0) is 11.4. The predicted octanol–water partition coefficient (Wildman–Crippen LogP) is 2.55. The lowest BCUT2D eigenvalue weighted by Gasteiger charge is -2.10. The highest BCUT2D eigenvalue weighted by Crippen LogP contribution is 2.15. The first-order chi connectivity index (χ1) is 7.00. The summed E-state index contributed by atoms with van der Waals surface area (Å²) >= 11 is 0. The summed E-state index contributed by atoms with van der Waals surface area (Å²) in [6, 6.07) is 7.91. The number of hydrogen-bond donors (Lipinski definition) is 0. The Kier molecular flexibility index (Phi) is 4.04. The molecule has 0 aromatic heterocycles. The van der Waals surface area contributed by atoms with E-state index in [0.29, 0.717) is 12.5 Å². The summed E-state index contributed by atoms with van der Waals surface area (Å²) in [5, 5.41) is 0. The number of Topliss-reactive ketones (excluding diaryl/α,β-unsaturated/α-hetero) is 1. The van der Waals surface area contributed by atoms with Crippen LogP contribution in [-0.2, 0) is 0 Å². The van der Waals surface area contributed by atoms with Crippen molar-refractivity contribution in [1.29, 1.82) is 0 Å². The average molecular weight is 205 g/mol. The lowest BCUT2D eigenvalue weighted by molar-refractivity contribution is 0.0958. The van der Waals surface area contributed by atoms with Gasteiger partial charge < -0.3 is 4.90 Å². The van der Waals surface area contributed by atoms with Crippen molar-refractivity contribution in [1.82, 2.24) is 4.90 Å². The molecule has 0 unspecified atom stereocenters. The highest BCUT2D eigenvalue weighted by molar-refractivity contribution is 5.97. The normalized spacial score (nSPS) is 11.1. The molecule has 0 aliphatic rings. The van der Waals surface area contributed by atoms with Crippen molar-refractivity contribution in [3.05, 3.63) is 35.4 Å². The van der Waals surface area contributed by atoms with Crippen molar-refractivity contribution >= 4 is 5.78 Å². The molecule has 0 radical (unpaired) electrons. The first kappa shape index (κ1) is 11.9. The fourth-order valence-electron chi connectivity index (χ4n) is 1.45. The van der Waals surface area contributed by atoms with Crippen molar-refractivity contribution in [2.75, 3.05) is 20.6 Å². The molecule has 0 N–H and O–H groups in total. The van der Waals surface area contributed by atoms with Gasteiger partial charge in [0.2, 0.25) is 0 Å². The van der Waals surface area contributed by atoms with Gasteiger partial charge in [-0.1, -0.05) is 32.0 Å². The van der Waals surface area contributed by atoms with Crippen molar-refractivity contribution in [2.45, 2.75) is 19.8 Å². The van der Waals surface area contributed by atoms with Gasteiger partial charge in [-0.25, -0.2) is 0 Å². The van der Waals surface area contributed by atoms with E-state index >= 15 is 0 Å². The zero-order valence-electron chi connectivity index (χ0n) is 9.95. The van der Waals surface area contributed by atoms with Crippen LogP contribution in [0.1, 0.15) is 35.7 Å². The van der Waals surface area contributed by atoms with E-state index in [9.17, 15) is 4.79 Å². The van der Waals surface area contributed by atoms with Crippen LogP contribution in [0.25, 0.3) is 0 Å². The summed E-state index contributed by atoms with van der Waals surface area (Å²) in [4.78, 5) is 13.7. The van der Waals surface area contributed by atoms with E-state index in [1.54, 1.807) is 0 Å². The average Bonchev–Trinajstić information content (AvgIpc) is 2.17. The molecule has 2 heteroatoms. The molecular weight excluding hydrogens is 186 g/mol. The van der Waals surface area contributed by atoms with Gasteiger partial charge in [0.1, 0.15) is 0 Å². The van der Waals surface area contributed by atoms with E-state index in [-0.39, 0.29) is 5.78 Å². The summed E-state index contributed by atoms with van der Waals surface area (Å²) in [5.74, 6) is 0.652. The van der Waals surface area contributed by atoms with Crippen LogP contribution < -0.4 is 0 Å². The fraction of sp³-hybridized carbons (Fsp3) is 0.462. The summed E-state index contributed by atoms with van der Waals surface area (Å²) < 4.78 is 0. The van der Waals surface area contributed by atoms with Crippen LogP contribution in [0, 0.1) is 0 Å². The van der Waals surface area contributed by atoms with Crippen molar-refractivity contribution in [3.8, 4) is 0 Å². The lowest BCUT2D eigenvalue weighted by Crippen LogP contribution is -2.21. The topological polar surface area (TPSA) is 20.3 Å². The summed E-state index contributed by atoms with van der Waals surface area (Å²) in [7, 11) is 3.81. The van der Waals surface area contributed by atoms with Gasteiger partial charge >= 0.3 is 0 Å². The number of hydrogen-bond acceptors (Lipinski definition) is 2. The Morgan fingerprint density at radius 3 is 2.53 bits per heavy atom. The maximum absolute atomic E-state index is 11.8. The third-order valence-corrected chi connectivity index (χ3v) is 2.34. The monoisotopic (exact) mass is 205 g/mol. The van der Waals surface area contributed by atoms with E-state index in [2.05, 4.69) is 19.9 Å². The highest BCUT2D eigenvalue weighted by atomic mass is 16.1. The number of nitrogens with zero attached hydrogens (tertiary/aromatic N) is 1. The molecule has 2 nitrogen and oxygen atoms in total. The van der Waals surface area contributed by atoms with Crippen LogP contribution >= 0.6 is 0 Å². The summed E-state index contributed by atoms with van der Waals surface area (Å²) in [6.45, 7) is 4.74. The molecular formula is C13H19NO. The molecule has 0 amide bonds. The fourth-order valence-corrected chi connectivity index (χ4v) is 1.45. The van der Waals surface area contributed by atoms with E-state index in [0.717, 1.165) is 5.56 Å². The molecule has 0 heterocycles. The Bertz CT molecular complexity index is 342. The molecule has 0 fully saturated rings. The molecule has 0 aliphatic carbocycles. The van der Waals surface area contributed by atoms with Gasteiger partial charge in [0.05, 0.1) is 6.54 Å². The van der Waals surface area contributed by atoms with Gasteiger partial charge in [-0.2, -0.15) is 0 Å². The second-order valence-electron chi connectivity index (χ2n) is 4.44. The Balaban J connectivity index is 2.85. The van der Waals surface area contributed by atoms with Gasteiger partial charge in [0.25, 0.3) is 0 Å². The number of carbonyl (C=O) groups excluding carboxylic acids is 1. The van der Waals surface area contributed by atoms with Crippen LogP contribution in [-0.4, -0.2) is 31.3 Å². The van der Waals surface area contributed by atoms with E-state index in [4.69, 9.17) is 0 Å². The molecule has 0 saturated heterocycles. The van der Waals surface area contributed by atoms with Crippen LogP contribution in [0.4, 0.5) is 0 Å². The minimum absolute atomic E-state index is 0.183. The van der Waals surface area contributed by atoms with Crippen molar-refractivity contribution < 1.29 is 4.79 Å². The Morgan fingerprint density at radius 2 is 2.00 bits per heavy atom. The van der Waals surface area contributed by atoms with Gasteiger partial charge in [-0.3, -0.25) is 4.79 Å². The maximum Gasteiger partial charge on any atom is 0.176 e. The molecule has 0 saturated carbocycles. The number of ketones is 1. The predicted molar refractivity (Wildman–Crippen MR) is 63.4 cm³/mol. The molecule has 82 valence electrons. The summed E-state index contributed by atoms with van der Waals surface area (Å²) in [5.41, 5.74) is 2.04. The van der Waals surface area contributed by atoms with Gasteiger partial charge in [-0.15, -0.1) is 0 Å². The third-order valence-electron chi connectivity index (χ3n) is 2.34. The molecule has 0 aliphatic heterocycles. The smallest absolute Gasteiger partial charge is 0.176 e. The highest BCUT2D eigenvalue weighted by Gasteiger charge is 2.08. The lowest BCUT2D eigenvalue weighted by atomic mass is 9.99. The second kappa shape index (κ2) is 5.08. The van der Waals surface area contributed by atoms with Crippen LogP contribution in [0.15, 0.2) is 24.3 Å². The van der Waals surface area contributed by atoms with Crippen molar-refractivity contribution in [3.63, 3.8) is 0 Å². The molecule has 1 aromatic rings. The Labute approximate surface area is 91.9 Å². The second-order valence-corrected chi connectivity index (χ2v) is 4.44. The Hall–Kier alpha value is -1.15. The quantitative estimate of drug-likeness (QED) is 0.704. The SMILES string of the molecule is CC(C)c1cccc(C(=O)CN(C)C)c1. The molecule has 0 spiro atoms. The molecule has 0 bridgehead atoms. The first-order valence-corrected chi connectivity index (χ1v) is 5.28. The largest absolute Gasteiger partial charge is 0.302 e. The minimum Gasteiger partial charge on any atom is -0.302 e. The Morgan fingerprint density at radius 1 is 1.33 bits per heavy atom. The third kappa shape index (κ3) is 3.48. The van der Waals surface area contributed by atoms with Gasteiger partial charge in [-0.05, 0) is 31.6 Å². The van der Waals surface area contributed by atoms with Gasteiger partial charge in [0, 0.05) is 5.56 Å². The van der Waals surface area contributed by atoms with E-state index in [1.807, 2.05) is 37.2 Å². The maximum atomic E-state index is 11.8.